The van der Waals surface area contributed by atoms with Crippen molar-refractivity contribution >= 4 is 10.0 Å². The average molecular weight is 334 g/mol. The van der Waals surface area contributed by atoms with E-state index in [-0.39, 0.29) is 5.92 Å². The Morgan fingerprint density at radius 3 is 2.61 bits per heavy atom. The summed E-state index contributed by atoms with van der Waals surface area (Å²) in [6.45, 7) is 6.63. The normalized spacial score (nSPS) is 19.4. The van der Waals surface area contributed by atoms with E-state index >= 15 is 0 Å². The number of aromatic nitrogens is 3. The summed E-state index contributed by atoms with van der Waals surface area (Å²) in [5.74, 6) is 0.204. The van der Waals surface area contributed by atoms with E-state index in [9.17, 15) is 8.42 Å². The molecule has 0 bridgehead atoms. The largest absolute Gasteiger partial charge is 0.271 e. The minimum atomic E-state index is -3.50. The Morgan fingerprint density at radius 2 is 2.00 bits per heavy atom. The summed E-state index contributed by atoms with van der Waals surface area (Å²) in [5.41, 5.74) is 3.55. The number of sulfonamides is 1. The molecule has 1 aliphatic heterocycles. The van der Waals surface area contributed by atoms with Crippen LogP contribution >= 0.6 is 0 Å². The second-order valence-electron chi connectivity index (χ2n) is 6.20. The van der Waals surface area contributed by atoms with Gasteiger partial charge in [-0.05, 0) is 44.4 Å². The van der Waals surface area contributed by atoms with Crippen LogP contribution in [0.5, 0.6) is 0 Å². The van der Waals surface area contributed by atoms with Gasteiger partial charge in [0.15, 0.2) is 0 Å². The summed E-state index contributed by atoms with van der Waals surface area (Å²) < 4.78 is 29.2. The molecule has 1 aliphatic rings. The van der Waals surface area contributed by atoms with Gasteiger partial charge < -0.3 is 0 Å². The van der Waals surface area contributed by atoms with E-state index in [1.165, 1.54) is 0 Å². The first-order valence-corrected chi connectivity index (χ1v) is 9.17. The van der Waals surface area contributed by atoms with Gasteiger partial charge in [0, 0.05) is 38.4 Å². The van der Waals surface area contributed by atoms with Crippen molar-refractivity contribution in [2.24, 2.45) is 7.05 Å². The molecule has 2 aromatic heterocycles. The molecule has 0 saturated carbocycles. The van der Waals surface area contributed by atoms with Crippen LogP contribution in [0.3, 0.4) is 0 Å². The van der Waals surface area contributed by atoms with Gasteiger partial charge in [0.05, 0.1) is 11.4 Å². The molecule has 23 heavy (non-hydrogen) atoms. The van der Waals surface area contributed by atoms with Crippen LogP contribution < -0.4 is 0 Å². The van der Waals surface area contributed by atoms with Crippen molar-refractivity contribution < 1.29 is 8.42 Å². The first-order chi connectivity index (χ1) is 10.8. The molecule has 3 heterocycles. The van der Waals surface area contributed by atoms with E-state index in [2.05, 4.69) is 10.1 Å². The zero-order chi connectivity index (χ0) is 16.8. The maximum Gasteiger partial charge on any atom is 0.246 e. The van der Waals surface area contributed by atoms with Crippen LogP contribution in [0.15, 0.2) is 23.4 Å². The minimum Gasteiger partial charge on any atom is -0.271 e. The van der Waals surface area contributed by atoms with Crippen molar-refractivity contribution in [1.29, 1.82) is 0 Å². The van der Waals surface area contributed by atoms with Gasteiger partial charge in [-0.25, -0.2) is 8.42 Å². The molecule has 1 saturated heterocycles. The van der Waals surface area contributed by atoms with Crippen LogP contribution in [-0.4, -0.2) is 40.6 Å². The van der Waals surface area contributed by atoms with Gasteiger partial charge in [-0.1, -0.05) is 0 Å². The zero-order valence-electron chi connectivity index (χ0n) is 13.9. The van der Waals surface area contributed by atoms with Crippen LogP contribution in [0.2, 0.25) is 0 Å². The maximum atomic E-state index is 13.0. The predicted octanol–water partition coefficient (Wildman–Crippen LogP) is 1.92. The lowest BCUT2D eigenvalue weighted by Gasteiger charge is -2.17. The van der Waals surface area contributed by atoms with Crippen LogP contribution in [0.25, 0.3) is 0 Å². The SMILES string of the molecule is Cc1ccncc1C1CCN(S(=O)(=O)c2c(C)nn(C)c2C)C1. The maximum absolute atomic E-state index is 13.0. The van der Waals surface area contributed by atoms with Gasteiger partial charge in [0.2, 0.25) is 10.0 Å². The summed E-state index contributed by atoms with van der Waals surface area (Å²) in [6.07, 6.45) is 4.45. The molecule has 2 aromatic rings. The second-order valence-corrected chi connectivity index (χ2v) is 8.08. The predicted molar refractivity (Wildman–Crippen MR) is 87.8 cm³/mol. The van der Waals surface area contributed by atoms with Gasteiger partial charge >= 0.3 is 0 Å². The molecule has 0 amide bonds. The van der Waals surface area contributed by atoms with Crippen LogP contribution in [-0.2, 0) is 17.1 Å². The Kier molecular flexibility index (Phi) is 4.01. The quantitative estimate of drug-likeness (QED) is 0.860. The van der Waals surface area contributed by atoms with Crippen molar-refractivity contribution in [3.63, 3.8) is 0 Å². The van der Waals surface area contributed by atoms with Crippen LogP contribution in [0, 0.1) is 20.8 Å². The Hall–Kier alpha value is -1.73. The molecule has 124 valence electrons. The Balaban J connectivity index is 1.90. The van der Waals surface area contributed by atoms with Crippen LogP contribution in [0.4, 0.5) is 0 Å². The average Bonchev–Trinajstić information content (AvgIpc) is 3.06. The van der Waals surface area contributed by atoms with Gasteiger partial charge in [-0.2, -0.15) is 9.40 Å². The topological polar surface area (TPSA) is 68.1 Å². The number of hydrogen-bond acceptors (Lipinski definition) is 4. The monoisotopic (exact) mass is 334 g/mol. The fraction of sp³-hybridized carbons (Fsp3) is 0.500. The first-order valence-electron chi connectivity index (χ1n) is 7.73. The third kappa shape index (κ3) is 2.68. The summed E-state index contributed by atoms with van der Waals surface area (Å²) >= 11 is 0. The Morgan fingerprint density at radius 1 is 1.26 bits per heavy atom. The number of hydrogen-bond donors (Lipinski definition) is 0. The Labute approximate surface area is 137 Å². The summed E-state index contributed by atoms with van der Waals surface area (Å²) in [7, 11) is -1.73. The molecule has 6 nitrogen and oxygen atoms in total. The molecule has 0 aromatic carbocycles. The molecule has 0 aliphatic carbocycles. The molecule has 1 fully saturated rings. The van der Waals surface area contributed by atoms with E-state index in [4.69, 9.17) is 0 Å². The molecule has 0 N–H and O–H groups in total. The highest BCUT2D eigenvalue weighted by molar-refractivity contribution is 7.89. The summed E-state index contributed by atoms with van der Waals surface area (Å²) in [4.78, 5) is 4.54. The minimum absolute atomic E-state index is 0.204. The van der Waals surface area contributed by atoms with E-state index in [0.717, 1.165) is 17.5 Å². The van der Waals surface area contributed by atoms with Crippen molar-refractivity contribution in [3.8, 4) is 0 Å². The lowest BCUT2D eigenvalue weighted by atomic mass is 9.96. The lowest BCUT2D eigenvalue weighted by Crippen LogP contribution is -2.29. The number of pyridine rings is 1. The highest BCUT2D eigenvalue weighted by atomic mass is 32.2. The first kappa shape index (κ1) is 16.1. The van der Waals surface area contributed by atoms with Crippen molar-refractivity contribution in [2.75, 3.05) is 13.1 Å². The van der Waals surface area contributed by atoms with Gasteiger partial charge in [0.1, 0.15) is 4.90 Å². The van der Waals surface area contributed by atoms with E-state index < -0.39 is 10.0 Å². The molecule has 1 atom stereocenters. The fourth-order valence-electron chi connectivity index (χ4n) is 3.36. The van der Waals surface area contributed by atoms with Gasteiger partial charge in [-0.3, -0.25) is 9.67 Å². The van der Waals surface area contributed by atoms with Crippen LogP contribution in [0.1, 0.15) is 34.9 Å². The summed E-state index contributed by atoms with van der Waals surface area (Å²) in [5, 5.41) is 4.24. The number of aryl methyl sites for hydroxylation is 3. The van der Waals surface area contributed by atoms with Gasteiger partial charge in [-0.15, -0.1) is 0 Å². The molecular weight excluding hydrogens is 312 g/mol. The van der Waals surface area contributed by atoms with Crippen molar-refractivity contribution in [1.82, 2.24) is 19.1 Å². The standard InChI is InChI=1S/C16H22N4O2S/c1-11-5-7-17-9-15(11)14-6-8-20(10-14)23(21,22)16-12(2)18-19(4)13(16)3/h5,7,9,14H,6,8,10H2,1-4H3. The molecular formula is C16H22N4O2S. The van der Waals surface area contributed by atoms with Crippen molar-refractivity contribution in [3.05, 3.63) is 41.0 Å². The third-order valence-electron chi connectivity index (χ3n) is 4.71. The van der Waals surface area contributed by atoms with Crippen molar-refractivity contribution in [2.45, 2.75) is 38.0 Å². The summed E-state index contributed by atoms with van der Waals surface area (Å²) in [6, 6.07) is 1.97. The second kappa shape index (κ2) is 5.72. The number of rotatable bonds is 3. The number of nitrogens with zero attached hydrogens (tertiary/aromatic N) is 4. The van der Waals surface area contributed by atoms with E-state index in [1.54, 1.807) is 36.1 Å². The van der Waals surface area contributed by atoms with E-state index in [1.807, 2.05) is 19.2 Å². The molecule has 3 rings (SSSR count). The lowest BCUT2D eigenvalue weighted by molar-refractivity contribution is 0.471. The molecule has 1 unspecified atom stereocenters. The highest BCUT2D eigenvalue weighted by Gasteiger charge is 2.36. The Bertz CT molecular complexity index is 842. The smallest absolute Gasteiger partial charge is 0.246 e. The molecule has 7 heteroatoms. The highest BCUT2D eigenvalue weighted by Crippen LogP contribution is 2.33. The van der Waals surface area contributed by atoms with Gasteiger partial charge in [0.25, 0.3) is 0 Å². The third-order valence-corrected chi connectivity index (χ3v) is 6.83. The zero-order valence-corrected chi connectivity index (χ0v) is 14.8. The molecule has 0 spiro atoms. The fourth-order valence-corrected chi connectivity index (χ4v) is 5.26. The molecule has 0 radical (unpaired) electrons. The van der Waals surface area contributed by atoms with E-state index in [0.29, 0.717) is 29.4 Å².